The van der Waals surface area contributed by atoms with Gasteiger partial charge in [-0.3, -0.25) is 4.79 Å². The van der Waals surface area contributed by atoms with Crippen molar-refractivity contribution in [2.24, 2.45) is 11.3 Å². The molecule has 1 N–H and O–H groups in total. The number of aliphatic carboxylic acids is 1. The van der Waals surface area contributed by atoms with Crippen LogP contribution in [0.1, 0.15) is 71.1 Å². The zero-order valence-corrected chi connectivity index (χ0v) is 13.1. The van der Waals surface area contributed by atoms with Crippen molar-refractivity contribution in [1.29, 1.82) is 0 Å². The maximum Gasteiger partial charge on any atom is 0.310 e. The summed E-state index contributed by atoms with van der Waals surface area (Å²) >= 11 is 0. The summed E-state index contributed by atoms with van der Waals surface area (Å²) in [4.78, 5) is 14.1. The maximum atomic E-state index is 11.7. The van der Waals surface area contributed by atoms with Crippen molar-refractivity contribution in [2.45, 2.75) is 71.1 Å². The number of nitrogens with zero attached hydrogens (tertiary/aromatic N) is 1. The molecule has 0 aromatic carbocycles. The van der Waals surface area contributed by atoms with Crippen LogP contribution < -0.4 is 0 Å². The lowest BCUT2D eigenvalue weighted by atomic mass is 9.76. The molecule has 0 aromatic rings. The average Bonchev–Trinajstić information content (AvgIpc) is 2.47. The zero-order chi connectivity index (χ0) is 14.4. The molecule has 0 spiro atoms. The molecule has 1 atom stereocenters. The van der Waals surface area contributed by atoms with Gasteiger partial charge in [-0.1, -0.05) is 45.4 Å². The van der Waals surface area contributed by atoms with Crippen molar-refractivity contribution < 1.29 is 9.90 Å². The Labute approximate surface area is 123 Å². The van der Waals surface area contributed by atoms with E-state index in [1.54, 1.807) is 0 Å². The molecule has 2 fully saturated rings. The normalized spacial score (nSPS) is 29.4. The Morgan fingerprint density at radius 2 is 2.00 bits per heavy atom. The van der Waals surface area contributed by atoms with Crippen LogP contribution in [-0.4, -0.2) is 35.6 Å². The van der Waals surface area contributed by atoms with E-state index in [0.717, 1.165) is 51.2 Å². The lowest BCUT2D eigenvalue weighted by molar-refractivity contribution is -0.153. The number of carboxylic acid groups (broad SMARTS) is 1. The highest BCUT2D eigenvalue weighted by atomic mass is 16.4. The summed E-state index contributed by atoms with van der Waals surface area (Å²) in [5.41, 5.74) is -0.459. The van der Waals surface area contributed by atoms with Gasteiger partial charge in [-0.05, 0) is 44.7 Å². The van der Waals surface area contributed by atoms with Gasteiger partial charge in [-0.15, -0.1) is 0 Å². The molecular weight excluding hydrogens is 250 g/mol. The third-order valence-corrected chi connectivity index (χ3v) is 5.42. The van der Waals surface area contributed by atoms with E-state index in [4.69, 9.17) is 0 Å². The molecule has 1 aliphatic carbocycles. The summed E-state index contributed by atoms with van der Waals surface area (Å²) in [7, 11) is 0. The Bertz CT molecular complexity index is 308. The highest BCUT2D eigenvalue weighted by Gasteiger charge is 2.41. The average molecular weight is 281 g/mol. The van der Waals surface area contributed by atoms with Crippen molar-refractivity contribution in [3.63, 3.8) is 0 Å². The summed E-state index contributed by atoms with van der Waals surface area (Å²) < 4.78 is 0. The molecule has 2 aliphatic rings. The fourth-order valence-electron chi connectivity index (χ4n) is 4.22. The SMILES string of the molecule is CCCC1(C(=O)O)CCCN(CCC2CCCCC2)C1. The van der Waals surface area contributed by atoms with Gasteiger partial charge in [0.05, 0.1) is 5.41 Å². The van der Waals surface area contributed by atoms with Gasteiger partial charge in [0.1, 0.15) is 0 Å². The van der Waals surface area contributed by atoms with Crippen LogP contribution >= 0.6 is 0 Å². The molecule has 0 amide bonds. The summed E-state index contributed by atoms with van der Waals surface area (Å²) in [6.07, 6.45) is 12.0. The molecular formula is C17H31NO2. The van der Waals surface area contributed by atoms with Gasteiger partial charge in [0.15, 0.2) is 0 Å². The van der Waals surface area contributed by atoms with E-state index in [1.165, 1.54) is 38.5 Å². The Kier molecular flexibility index (Phi) is 5.88. The molecule has 0 aromatic heterocycles. The number of piperidine rings is 1. The van der Waals surface area contributed by atoms with Crippen LogP contribution in [0.25, 0.3) is 0 Å². The van der Waals surface area contributed by atoms with Gasteiger partial charge >= 0.3 is 5.97 Å². The second-order valence-electron chi connectivity index (χ2n) is 7.01. The Morgan fingerprint density at radius 1 is 1.25 bits per heavy atom. The maximum absolute atomic E-state index is 11.7. The summed E-state index contributed by atoms with van der Waals surface area (Å²) in [5.74, 6) is 0.331. The second-order valence-corrected chi connectivity index (χ2v) is 7.01. The fraction of sp³-hybridized carbons (Fsp3) is 0.941. The molecule has 0 radical (unpaired) electrons. The van der Waals surface area contributed by atoms with Gasteiger partial charge in [-0.2, -0.15) is 0 Å². The van der Waals surface area contributed by atoms with Gasteiger partial charge in [0.25, 0.3) is 0 Å². The predicted molar refractivity (Wildman–Crippen MR) is 81.8 cm³/mol. The molecule has 1 aliphatic heterocycles. The van der Waals surface area contributed by atoms with Crippen LogP contribution in [0.3, 0.4) is 0 Å². The van der Waals surface area contributed by atoms with Crippen LogP contribution in [-0.2, 0) is 4.79 Å². The third-order valence-electron chi connectivity index (χ3n) is 5.42. The predicted octanol–water partition coefficient (Wildman–Crippen LogP) is 3.92. The molecule has 1 heterocycles. The molecule has 0 bridgehead atoms. The molecule has 1 saturated heterocycles. The lowest BCUT2D eigenvalue weighted by Crippen LogP contribution is -2.48. The van der Waals surface area contributed by atoms with E-state index in [1.807, 2.05) is 0 Å². The van der Waals surface area contributed by atoms with E-state index in [-0.39, 0.29) is 0 Å². The van der Waals surface area contributed by atoms with Crippen molar-refractivity contribution in [3.8, 4) is 0 Å². The van der Waals surface area contributed by atoms with Crippen molar-refractivity contribution in [2.75, 3.05) is 19.6 Å². The van der Waals surface area contributed by atoms with Crippen LogP contribution in [0.2, 0.25) is 0 Å². The largest absolute Gasteiger partial charge is 0.481 e. The number of hydrogen-bond acceptors (Lipinski definition) is 2. The van der Waals surface area contributed by atoms with Gasteiger partial charge in [0, 0.05) is 6.54 Å². The van der Waals surface area contributed by atoms with Crippen LogP contribution in [0.15, 0.2) is 0 Å². The van der Waals surface area contributed by atoms with E-state index < -0.39 is 11.4 Å². The monoisotopic (exact) mass is 281 g/mol. The molecule has 3 nitrogen and oxygen atoms in total. The quantitative estimate of drug-likeness (QED) is 0.802. The van der Waals surface area contributed by atoms with E-state index >= 15 is 0 Å². The first-order chi connectivity index (χ1) is 9.66. The molecule has 2 rings (SSSR count). The topological polar surface area (TPSA) is 40.5 Å². The number of rotatable bonds is 6. The number of likely N-dealkylation sites (tertiary alicyclic amines) is 1. The first kappa shape index (κ1) is 15.8. The van der Waals surface area contributed by atoms with Crippen LogP contribution in [0.4, 0.5) is 0 Å². The molecule has 1 unspecified atom stereocenters. The molecule has 3 heteroatoms. The number of hydrogen-bond donors (Lipinski definition) is 1. The second kappa shape index (κ2) is 7.44. The minimum Gasteiger partial charge on any atom is -0.481 e. The third kappa shape index (κ3) is 3.97. The van der Waals surface area contributed by atoms with Gasteiger partial charge < -0.3 is 10.0 Å². The highest BCUT2D eigenvalue weighted by Crippen LogP contribution is 2.35. The summed E-state index contributed by atoms with van der Waals surface area (Å²) in [6.45, 7) is 5.10. The molecule has 1 saturated carbocycles. The Morgan fingerprint density at radius 3 is 2.65 bits per heavy atom. The summed E-state index contributed by atoms with van der Waals surface area (Å²) in [5, 5.41) is 9.63. The van der Waals surface area contributed by atoms with Crippen LogP contribution in [0, 0.1) is 11.3 Å². The smallest absolute Gasteiger partial charge is 0.310 e. The zero-order valence-electron chi connectivity index (χ0n) is 13.1. The van der Waals surface area contributed by atoms with Gasteiger partial charge in [0.2, 0.25) is 0 Å². The fourth-order valence-corrected chi connectivity index (χ4v) is 4.22. The lowest BCUT2D eigenvalue weighted by Gasteiger charge is -2.40. The van der Waals surface area contributed by atoms with E-state index in [9.17, 15) is 9.90 Å². The first-order valence-electron chi connectivity index (χ1n) is 8.62. The Balaban J connectivity index is 1.84. The van der Waals surface area contributed by atoms with Crippen LogP contribution in [0.5, 0.6) is 0 Å². The number of carbonyl (C=O) groups is 1. The number of carboxylic acids is 1. The molecule has 116 valence electrons. The van der Waals surface area contributed by atoms with E-state index in [2.05, 4.69) is 11.8 Å². The van der Waals surface area contributed by atoms with Crippen molar-refractivity contribution >= 4 is 5.97 Å². The van der Waals surface area contributed by atoms with Crippen molar-refractivity contribution in [1.82, 2.24) is 4.90 Å². The Hall–Kier alpha value is -0.570. The summed E-state index contributed by atoms with van der Waals surface area (Å²) in [6, 6.07) is 0. The molecule has 20 heavy (non-hydrogen) atoms. The van der Waals surface area contributed by atoms with Gasteiger partial charge in [-0.25, -0.2) is 0 Å². The van der Waals surface area contributed by atoms with E-state index in [0.29, 0.717) is 0 Å². The minimum absolute atomic E-state index is 0.459. The standard InChI is InChI=1S/C17H31NO2/c1-2-10-17(16(19)20)11-6-12-18(14-17)13-9-15-7-4-3-5-8-15/h15H,2-14H2,1H3,(H,19,20). The highest BCUT2D eigenvalue weighted by molar-refractivity contribution is 5.75. The first-order valence-corrected chi connectivity index (χ1v) is 8.62. The van der Waals surface area contributed by atoms with Crippen molar-refractivity contribution in [3.05, 3.63) is 0 Å². The minimum atomic E-state index is -0.568.